The van der Waals surface area contributed by atoms with Crippen LogP contribution in [-0.4, -0.2) is 122 Å². The molecule has 0 saturated carbocycles. The van der Waals surface area contributed by atoms with E-state index in [2.05, 4.69) is 23.8 Å². The minimum Gasteiger partial charge on any atom is -0.469 e. The first-order valence-electron chi connectivity index (χ1n) is 33.7. The summed E-state index contributed by atoms with van der Waals surface area (Å²) in [4.78, 5) is 121. The van der Waals surface area contributed by atoms with E-state index in [1.807, 2.05) is 76.2 Å². The molecule has 0 aliphatic carbocycles. The third kappa shape index (κ3) is 14.3. The molecule has 0 radical (unpaired) electrons. The summed E-state index contributed by atoms with van der Waals surface area (Å²) >= 11 is 0. The molecule has 4 heterocycles. The van der Waals surface area contributed by atoms with Crippen molar-refractivity contribution in [3.05, 3.63) is 238 Å². The van der Waals surface area contributed by atoms with E-state index in [1.54, 1.807) is 72.8 Å². The fourth-order valence-corrected chi connectivity index (χ4v) is 12.8. The molecule has 13 rings (SSSR count). The van der Waals surface area contributed by atoms with Gasteiger partial charge in [-0.2, -0.15) is 0 Å². The molecule has 2 aliphatic heterocycles. The molecular formula is C82H72N4O18. The molecule has 528 valence electrons. The summed E-state index contributed by atoms with van der Waals surface area (Å²) in [5, 5.41) is 7.30. The predicted molar refractivity (Wildman–Crippen MR) is 385 cm³/mol. The topological polar surface area (TPSA) is 267 Å². The minimum atomic E-state index is -1.55. The van der Waals surface area contributed by atoms with Crippen molar-refractivity contribution in [2.45, 2.75) is 66.5 Å². The number of esters is 2. The van der Waals surface area contributed by atoms with E-state index in [9.17, 15) is 19.2 Å². The zero-order chi connectivity index (χ0) is 73.0. The van der Waals surface area contributed by atoms with E-state index in [1.165, 1.54) is 50.6 Å². The number of imide groups is 2. The van der Waals surface area contributed by atoms with Crippen LogP contribution in [0.25, 0.3) is 43.1 Å². The van der Waals surface area contributed by atoms with Gasteiger partial charge < -0.3 is 57.4 Å². The Morgan fingerprint density at radius 1 is 0.394 bits per heavy atom. The van der Waals surface area contributed by atoms with Crippen LogP contribution in [0.5, 0.6) is 46.0 Å². The Bertz CT molecular complexity index is 4650. The molecule has 0 fully saturated rings. The molecule has 2 N–H and O–H groups in total. The van der Waals surface area contributed by atoms with Gasteiger partial charge in [-0.3, -0.25) is 38.6 Å². The largest absolute Gasteiger partial charge is 0.469 e. The minimum absolute atomic E-state index is 0.00105. The van der Waals surface area contributed by atoms with Crippen molar-refractivity contribution in [1.29, 1.82) is 0 Å². The van der Waals surface area contributed by atoms with Crippen LogP contribution in [0, 0.1) is 27.7 Å². The molecule has 104 heavy (non-hydrogen) atoms. The van der Waals surface area contributed by atoms with Crippen molar-refractivity contribution in [3.63, 3.8) is 0 Å². The van der Waals surface area contributed by atoms with Gasteiger partial charge in [0.1, 0.15) is 82.8 Å². The number of rotatable bonds is 30. The third-order valence-electron chi connectivity index (χ3n) is 17.8. The molecule has 6 amide bonds. The van der Waals surface area contributed by atoms with Crippen molar-refractivity contribution < 1.29 is 85.1 Å². The number of nitrogens with zero attached hydrogens (tertiary/aromatic N) is 2. The number of carbonyl (C=O) groups excluding carboxylic acids is 8. The summed E-state index contributed by atoms with van der Waals surface area (Å²) in [6.45, 7) is 17.5. The van der Waals surface area contributed by atoms with Crippen molar-refractivity contribution in [2.24, 2.45) is 0 Å². The molecule has 0 saturated heterocycles. The van der Waals surface area contributed by atoms with Gasteiger partial charge in [-0.25, -0.2) is 9.59 Å². The highest BCUT2D eigenvalue weighted by atomic mass is 16.6. The zero-order valence-corrected chi connectivity index (χ0v) is 57.9. The summed E-state index contributed by atoms with van der Waals surface area (Å²) in [5.41, 5.74) is 3.78. The average molecular weight is 1400 g/mol. The monoisotopic (exact) mass is 1400 g/mol. The summed E-state index contributed by atoms with van der Waals surface area (Å²) in [6.07, 6.45) is 2.30. The molecule has 22 heteroatoms. The summed E-state index contributed by atoms with van der Waals surface area (Å²) in [7, 11) is 0. The van der Waals surface area contributed by atoms with E-state index < -0.39 is 59.5 Å². The summed E-state index contributed by atoms with van der Waals surface area (Å²) in [5.74, 6) is -4.26. The van der Waals surface area contributed by atoms with Gasteiger partial charge in [0.25, 0.3) is 23.6 Å². The smallest absolute Gasteiger partial charge is 0.333 e. The van der Waals surface area contributed by atoms with Crippen LogP contribution < -0.4 is 29.6 Å². The van der Waals surface area contributed by atoms with Gasteiger partial charge in [0, 0.05) is 80.2 Å². The van der Waals surface area contributed by atoms with Crippen molar-refractivity contribution >= 4 is 90.5 Å². The van der Waals surface area contributed by atoms with Gasteiger partial charge in [-0.15, -0.1) is 0 Å². The number of hydrogen-bond acceptors (Lipinski definition) is 18. The molecule has 0 spiro atoms. The number of hydrogen-bond donors (Lipinski definition) is 2. The number of fused-ring (bicyclic) bond motifs is 2. The van der Waals surface area contributed by atoms with Crippen LogP contribution in [0.3, 0.4) is 0 Å². The van der Waals surface area contributed by atoms with Crippen molar-refractivity contribution in [1.82, 2.24) is 20.4 Å². The highest BCUT2D eigenvalue weighted by molar-refractivity contribution is 6.45. The Morgan fingerprint density at radius 3 is 0.942 bits per heavy atom. The number of ether oxygens (including phenoxy) is 8. The Kier molecular flexibility index (Phi) is 20.2. The number of amides is 6. The molecule has 2 atom stereocenters. The van der Waals surface area contributed by atoms with Crippen LogP contribution in [0.2, 0.25) is 0 Å². The second-order valence-corrected chi connectivity index (χ2v) is 25.5. The summed E-state index contributed by atoms with van der Waals surface area (Å²) in [6, 6.07) is 38.3. The van der Waals surface area contributed by atoms with Gasteiger partial charge in [0.05, 0.1) is 61.2 Å². The lowest BCUT2D eigenvalue weighted by molar-refractivity contribution is -0.141. The lowest BCUT2D eigenvalue weighted by Crippen LogP contribution is -2.55. The second kappa shape index (κ2) is 30.0. The average Bonchev–Trinajstić information content (AvgIpc) is 1.02. The first-order valence-corrected chi connectivity index (χ1v) is 33.7. The lowest BCUT2D eigenvalue weighted by atomic mass is 9.80. The van der Waals surface area contributed by atoms with E-state index in [4.69, 9.17) is 46.7 Å². The van der Waals surface area contributed by atoms with Crippen LogP contribution in [-0.2, 0) is 51.0 Å². The van der Waals surface area contributed by atoms with Crippen LogP contribution in [0.4, 0.5) is 0 Å². The van der Waals surface area contributed by atoms with Crippen molar-refractivity contribution in [3.8, 4) is 46.0 Å². The number of benzene rings is 9. The number of aryl methyl sites for hydroxylation is 4. The molecule has 9 aromatic carbocycles. The maximum absolute atomic E-state index is 16.3. The molecule has 2 aromatic heterocycles. The van der Waals surface area contributed by atoms with E-state index in [-0.39, 0.29) is 177 Å². The number of furan rings is 2. The second-order valence-electron chi connectivity index (χ2n) is 25.5. The standard InChI is InChI=1S/C82H72N4O18/c1-45(2)81(93)99-37-35-95-33-29-83-75(87)61(39-55-11-9-31-97-55)85-77(89)57-41-63(101-51-21-13-47(5)14-22-51)69-71-65(103-53-25-17-49(7)18-26-53)43-59-68-60(80(92)86(79(59)91)62(40-56-12-10-32-98-56)76(88)84-30-34-96-36-38-100-82(94)46(3)4)44-66(104-54-27-19-50(8)20-28-54)72(74(68)71)70-64(102-52-23-15-48(6)16-24-52)42-58(78(85)90)67(57)73(69)70/h9-28,31-32,41-44,61-62H,1,3,29-30,33-40H2,2,4-8H3,(H,83,87)(H,84,88). The van der Waals surface area contributed by atoms with E-state index >= 15 is 19.2 Å². The fourth-order valence-electron chi connectivity index (χ4n) is 12.8. The normalized spacial score (nSPS) is 13.2. The molecule has 22 nitrogen and oxygen atoms in total. The highest BCUT2D eigenvalue weighted by Gasteiger charge is 2.47. The van der Waals surface area contributed by atoms with Crippen LogP contribution in [0.15, 0.2) is 191 Å². The maximum atomic E-state index is 16.3. The van der Waals surface area contributed by atoms with Crippen LogP contribution in [0.1, 0.15) is 89.1 Å². The first-order chi connectivity index (χ1) is 50.2. The Morgan fingerprint density at radius 2 is 0.683 bits per heavy atom. The number of carbonyl (C=O) groups is 8. The Labute approximate surface area is 596 Å². The zero-order valence-electron chi connectivity index (χ0n) is 57.9. The number of nitrogens with one attached hydrogen (secondary N) is 2. The van der Waals surface area contributed by atoms with Crippen LogP contribution >= 0.6 is 0 Å². The Balaban J connectivity index is 1.06. The van der Waals surface area contributed by atoms with E-state index in [0.29, 0.717) is 23.0 Å². The fraction of sp³-hybridized carbons (Fsp3) is 0.220. The molecule has 2 aliphatic rings. The van der Waals surface area contributed by atoms with Crippen molar-refractivity contribution in [2.75, 3.05) is 52.7 Å². The molecule has 11 aromatic rings. The first kappa shape index (κ1) is 70.1. The SMILES string of the molecule is C=C(C)C(=O)OCCOCCNC(=O)C(Cc1ccco1)N1C(=O)c2cc(Oc3ccc(C)cc3)c3c4c(Oc5ccc(C)cc5)cc5c6c(cc(Oc7ccc(C)cc7)c(c7c(Oc8ccc(C)cc8)cc(c2c37)C1=O)c64)C(=O)N(C(Cc1ccco1)C(=O)NCCOCCOC(=O)C(=C)C)C5=O. The third-order valence-corrected chi connectivity index (χ3v) is 17.8. The Hall–Kier alpha value is -12.4. The van der Waals surface area contributed by atoms with Gasteiger partial charge in [0.2, 0.25) is 11.8 Å². The van der Waals surface area contributed by atoms with Gasteiger partial charge in [-0.05, 0) is 139 Å². The molecule has 2 unspecified atom stereocenters. The quantitative estimate of drug-likeness (QED) is 0.0106. The summed E-state index contributed by atoms with van der Waals surface area (Å²) < 4.78 is 61.9. The maximum Gasteiger partial charge on any atom is 0.333 e. The lowest BCUT2D eigenvalue weighted by Gasteiger charge is -2.35. The predicted octanol–water partition coefficient (Wildman–Crippen LogP) is 14.2. The van der Waals surface area contributed by atoms with Gasteiger partial charge in [-0.1, -0.05) is 83.9 Å². The van der Waals surface area contributed by atoms with Gasteiger partial charge >= 0.3 is 11.9 Å². The van der Waals surface area contributed by atoms with Gasteiger partial charge in [0.15, 0.2) is 0 Å². The molecular weight excluding hydrogens is 1330 g/mol. The molecule has 0 bridgehead atoms. The highest BCUT2D eigenvalue weighted by Crippen LogP contribution is 2.58. The van der Waals surface area contributed by atoms with E-state index in [0.717, 1.165) is 32.1 Å².